The second kappa shape index (κ2) is 9.01. The van der Waals surface area contributed by atoms with Crippen molar-refractivity contribution in [3.63, 3.8) is 0 Å². The molecule has 152 valence electrons. The summed E-state index contributed by atoms with van der Waals surface area (Å²) in [6.07, 6.45) is 0.574. The maximum Gasteiger partial charge on any atom is 0.295 e. The van der Waals surface area contributed by atoms with Gasteiger partial charge in [0.15, 0.2) is 0 Å². The molecule has 6 heteroatoms. The van der Waals surface area contributed by atoms with Gasteiger partial charge in [-0.05, 0) is 38.0 Å². The Morgan fingerprint density at radius 3 is 2.52 bits per heavy atom. The third-order valence-corrected chi connectivity index (χ3v) is 4.75. The van der Waals surface area contributed by atoms with Crippen molar-refractivity contribution < 1.29 is 23.8 Å². The monoisotopic (exact) mass is 397 g/mol. The van der Waals surface area contributed by atoms with E-state index in [1.807, 2.05) is 13.8 Å². The van der Waals surface area contributed by atoms with Gasteiger partial charge in [-0.15, -0.1) is 0 Å². The highest BCUT2D eigenvalue weighted by molar-refractivity contribution is 6.46. The Morgan fingerprint density at radius 2 is 1.86 bits per heavy atom. The zero-order valence-electron chi connectivity index (χ0n) is 16.5. The number of aliphatic hydroxyl groups excluding tert-OH is 1. The smallest absolute Gasteiger partial charge is 0.295 e. The second-order valence-corrected chi connectivity index (χ2v) is 7.19. The van der Waals surface area contributed by atoms with Crippen LogP contribution in [0.2, 0.25) is 0 Å². The highest BCUT2D eigenvalue weighted by atomic mass is 19.1. The van der Waals surface area contributed by atoms with Crippen LogP contribution >= 0.6 is 0 Å². The Hall–Kier alpha value is -2.99. The van der Waals surface area contributed by atoms with Crippen LogP contribution in [0.4, 0.5) is 4.39 Å². The molecule has 29 heavy (non-hydrogen) atoms. The molecule has 0 radical (unpaired) electrons. The average molecular weight is 397 g/mol. The molecule has 3 rings (SSSR count). The van der Waals surface area contributed by atoms with Crippen molar-refractivity contribution in [1.82, 2.24) is 4.90 Å². The first-order valence-electron chi connectivity index (χ1n) is 9.61. The molecule has 1 saturated heterocycles. The van der Waals surface area contributed by atoms with Crippen LogP contribution in [0.3, 0.4) is 0 Å². The van der Waals surface area contributed by atoms with E-state index in [9.17, 15) is 19.1 Å². The molecule has 0 bridgehead atoms. The largest absolute Gasteiger partial charge is 0.507 e. The Kier molecular flexibility index (Phi) is 6.44. The minimum Gasteiger partial charge on any atom is -0.507 e. The van der Waals surface area contributed by atoms with E-state index in [-0.39, 0.29) is 24.0 Å². The molecule has 5 nitrogen and oxygen atoms in total. The zero-order chi connectivity index (χ0) is 21.0. The number of rotatable bonds is 7. The second-order valence-electron chi connectivity index (χ2n) is 7.19. The summed E-state index contributed by atoms with van der Waals surface area (Å²) < 4.78 is 19.4. The van der Waals surface area contributed by atoms with Gasteiger partial charge in [0.05, 0.1) is 17.7 Å². The molecule has 1 aliphatic rings. The number of hydrogen-bond acceptors (Lipinski definition) is 4. The zero-order valence-corrected chi connectivity index (χ0v) is 16.5. The van der Waals surface area contributed by atoms with E-state index < -0.39 is 23.5 Å². The van der Waals surface area contributed by atoms with Crippen molar-refractivity contribution in [2.24, 2.45) is 0 Å². The summed E-state index contributed by atoms with van der Waals surface area (Å²) in [7, 11) is 0. The molecule has 0 aliphatic carbocycles. The highest BCUT2D eigenvalue weighted by Crippen LogP contribution is 2.39. The fourth-order valence-corrected chi connectivity index (χ4v) is 3.44. The lowest BCUT2D eigenvalue weighted by Gasteiger charge is -2.25. The number of ketones is 1. The van der Waals surface area contributed by atoms with Gasteiger partial charge in [-0.2, -0.15) is 0 Å². The van der Waals surface area contributed by atoms with Gasteiger partial charge < -0.3 is 14.7 Å². The Labute approximate surface area is 169 Å². The molecular weight excluding hydrogens is 373 g/mol. The molecular formula is C23H24FNO4. The lowest BCUT2D eigenvalue weighted by atomic mass is 9.95. The molecule has 1 atom stereocenters. The summed E-state index contributed by atoms with van der Waals surface area (Å²) >= 11 is 0. The molecule has 0 unspecified atom stereocenters. The SMILES string of the molecule is CC(C)OCCCN1C(=O)C(=O)C(=C(O)c2ccccc2)[C@H]1c1cccc(F)c1. The average Bonchev–Trinajstić information content (AvgIpc) is 2.96. The van der Waals surface area contributed by atoms with Gasteiger partial charge >= 0.3 is 0 Å². The van der Waals surface area contributed by atoms with Crippen molar-refractivity contribution in [3.8, 4) is 0 Å². The van der Waals surface area contributed by atoms with Crippen molar-refractivity contribution >= 4 is 17.4 Å². The van der Waals surface area contributed by atoms with Gasteiger partial charge in [0.2, 0.25) is 0 Å². The number of amides is 1. The number of carbonyl (C=O) groups is 2. The van der Waals surface area contributed by atoms with Crippen LogP contribution in [0.1, 0.15) is 37.4 Å². The van der Waals surface area contributed by atoms with Crippen LogP contribution in [0.15, 0.2) is 60.2 Å². The number of Topliss-reactive ketones (excluding diaryl/α,β-unsaturated/α-hetero) is 1. The van der Waals surface area contributed by atoms with Crippen LogP contribution in [-0.4, -0.2) is 41.0 Å². The maximum atomic E-state index is 13.9. The molecule has 0 saturated carbocycles. The van der Waals surface area contributed by atoms with Crippen LogP contribution in [-0.2, 0) is 14.3 Å². The van der Waals surface area contributed by atoms with Gasteiger partial charge in [0.1, 0.15) is 11.6 Å². The molecule has 1 N–H and O–H groups in total. The summed E-state index contributed by atoms with van der Waals surface area (Å²) in [5, 5.41) is 10.8. The van der Waals surface area contributed by atoms with E-state index >= 15 is 0 Å². The first-order valence-corrected chi connectivity index (χ1v) is 9.61. The third kappa shape index (κ3) is 4.54. The summed E-state index contributed by atoms with van der Waals surface area (Å²) in [5.74, 6) is -2.22. The molecule has 1 aliphatic heterocycles. The van der Waals surface area contributed by atoms with Gasteiger partial charge in [0.25, 0.3) is 11.7 Å². The summed E-state index contributed by atoms with van der Waals surface area (Å²) in [5.41, 5.74) is 0.832. The number of aliphatic hydroxyl groups is 1. The lowest BCUT2D eigenvalue weighted by molar-refractivity contribution is -0.140. The summed E-state index contributed by atoms with van der Waals surface area (Å²) in [4.78, 5) is 26.9. The fourth-order valence-electron chi connectivity index (χ4n) is 3.44. The normalized spacial score (nSPS) is 18.6. The number of nitrogens with zero attached hydrogens (tertiary/aromatic N) is 1. The van der Waals surface area contributed by atoms with E-state index in [4.69, 9.17) is 4.74 Å². The van der Waals surface area contributed by atoms with Crippen LogP contribution in [0, 0.1) is 5.82 Å². The summed E-state index contributed by atoms with van der Waals surface area (Å²) in [6, 6.07) is 13.4. The van der Waals surface area contributed by atoms with Crippen LogP contribution in [0.25, 0.3) is 5.76 Å². The molecule has 1 fully saturated rings. The predicted molar refractivity (Wildman–Crippen MR) is 108 cm³/mol. The number of benzene rings is 2. The number of hydrogen-bond donors (Lipinski definition) is 1. The minimum absolute atomic E-state index is 0.0309. The number of likely N-dealkylation sites (tertiary alicyclic amines) is 1. The lowest BCUT2D eigenvalue weighted by Crippen LogP contribution is -2.31. The van der Waals surface area contributed by atoms with Crippen molar-refractivity contribution in [2.75, 3.05) is 13.2 Å². The Balaban J connectivity index is 2.02. The molecule has 0 aromatic heterocycles. The quantitative estimate of drug-likeness (QED) is 0.331. The van der Waals surface area contributed by atoms with Crippen molar-refractivity contribution in [2.45, 2.75) is 32.4 Å². The van der Waals surface area contributed by atoms with Gasteiger partial charge in [0, 0.05) is 18.7 Å². The standard InChI is InChI=1S/C23H24FNO4/c1-15(2)29-13-7-12-25-20(17-10-6-11-18(24)14-17)19(22(27)23(25)28)21(26)16-8-4-3-5-9-16/h3-6,8-11,14-15,20,26H,7,12-13H2,1-2H3/t20-/m1/s1. The van der Waals surface area contributed by atoms with Gasteiger partial charge in [-0.25, -0.2) is 4.39 Å². The van der Waals surface area contributed by atoms with E-state index in [1.54, 1.807) is 36.4 Å². The van der Waals surface area contributed by atoms with Crippen LogP contribution in [0.5, 0.6) is 0 Å². The summed E-state index contributed by atoms with van der Waals surface area (Å²) in [6.45, 7) is 4.51. The number of ether oxygens (including phenoxy) is 1. The van der Waals surface area contributed by atoms with Crippen molar-refractivity contribution in [1.29, 1.82) is 0 Å². The van der Waals surface area contributed by atoms with Gasteiger partial charge in [-0.1, -0.05) is 42.5 Å². The molecule has 2 aromatic rings. The highest BCUT2D eigenvalue weighted by Gasteiger charge is 2.45. The maximum absolute atomic E-state index is 13.9. The fraction of sp³-hybridized carbons (Fsp3) is 0.304. The van der Waals surface area contributed by atoms with Crippen molar-refractivity contribution in [3.05, 3.63) is 77.1 Å². The third-order valence-electron chi connectivity index (χ3n) is 4.75. The van der Waals surface area contributed by atoms with E-state index in [0.29, 0.717) is 24.2 Å². The predicted octanol–water partition coefficient (Wildman–Crippen LogP) is 4.06. The van der Waals surface area contributed by atoms with Gasteiger partial charge in [-0.3, -0.25) is 9.59 Å². The number of carbonyl (C=O) groups excluding carboxylic acids is 2. The minimum atomic E-state index is -0.857. The number of halogens is 1. The van der Waals surface area contributed by atoms with E-state index in [1.165, 1.54) is 23.1 Å². The molecule has 2 aromatic carbocycles. The first-order chi connectivity index (χ1) is 13.9. The Bertz CT molecular complexity index is 923. The topological polar surface area (TPSA) is 66.8 Å². The molecule has 1 heterocycles. The van der Waals surface area contributed by atoms with Crippen LogP contribution < -0.4 is 0 Å². The first kappa shape index (κ1) is 20.7. The Morgan fingerprint density at radius 1 is 1.14 bits per heavy atom. The van der Waals surface area contributed by atoms with E-state index in [2.05, 4.69) is 0 Å². The molecule has 1 amide bonds. The van der Waals surface area contributed by atoms with E-state index in [0.717, 1.165) is 0 Å². The molecule has 0 spiro atoms.